The summed E-state index contributed by atoms with van der Waals surface area (Å²) < 4.78 is 62.4. The third-order valence-electron chi connectivity index (χ3n) is 1.06. The molecule has 0 radical (unpaired) electrons. The van der Waals surface area contributed by atoms with E-state index in [1.54, 1.807) is 6.07 Å². The molecule has 0 aromatic carbocycles. The molecule has 0 heterocycles. The first-order valence-corrected chi connectivity index (χ1v) is 3.20. The van der Waals surface area contributed by atoms with E-state index in [1.807, 2.05) is 0 Å². The van der Waals surface area contributed by atoms with E-state index < -0.39 is 25.3 Å². The summed E-state index contributed by atoms with van der Waals surface area (Å²) in [7, 11) is 0. The van der Waals surface area contributed by atoms with Gasteiger partial charge in [-0.3, -0.25) is 0 Å². The summed E-state index contributed by atoms with van der Waals surface area (Å²) in [5, 5.41) is 7.92. The van der Waals surface area contributed by atoms with Gasteiger partial charge in [0, 0.05) is 0 Å². The van der Waals surface area contributed by atoms with Crippen LogP contribution in [-0.2, 0) is 4.74 Å². The predicted molar refractivity (Wildman–Crippen MR) is 32.1 cm³/mol. The van der Waals surface area contributed by atoms with Crippen LogP contribution in [0.25, 0.3) is 0 Å². The first kappa shape index (κ1) is 12.1. The number of ether oxygens (including phenoxy) is 1. The molecule has 0 bridgehead atoms. The van der Waals surface area contributed by atoms with E-state index in [1.165, 1.54) is 0 Å². The van der Waals surface area contributed by atoms with Crippen molar-refractivity contribution in [2.75, 3.05) is 13.2 Å². The van der Waals surface area contributed by atoms with E-state index in [2.05, 4.69) is 4.74 Å². The number of halogens is 5. The Morgan fingerprint density at radius 3 is 2.08 bits per heavy atom. The Labute approximate surface area is 70.9 Å². The van der Waals surface area contributed by atoms with Crippen LogP contribution in [-0.4, -0.2) is 25.3 Å². The third kappa shape index (κ3) is 4.03. The minimum atomic E-state index is -5.60. The van der Waals surface area contributed by atoms with E-state index in [-0.39, 0.29) is 6.42 Å². The maximum atomic E-state index is 12.0. The van der Waals surface area contributed by atoms with Crippen LogP contribution >= 0.6 is 0 Å². The van der Waals surface area contributed by atoms with Crippen LogP contribution in [0.1, 0.15) is 6.42 Å². The van der Waals surface area contributed by atoms with Crippen LogP contribution in [0, 0.1) is 11.3 Å². The summed E-state index contributed by atoms with van der Waals surface area (Å²) in [4.78, 5) is 0. The highest BCUT2D eigenvalue weighted by molar-refractivity contribution is 4.75. The molecule has 0 fully saturated rings. The summed E-state index contributed by atoms with van der Waals surface area (Å²) in [5.41, 5.74) is 0. The molecule has 13 heavy (non-hydrogen) atoms. The highest BCUT2D eigenvalue weighted by Gasteiger charge is 2.57. The topological polar surface area (TPSA) is 33.0 Å². The Bertz CT molecular complexity index is 194. The quantitative estimate of drug-likeness (QED) is 0.517. The molecule has 0 aliphatic heterocycles. The molecule has 76 valence electrons. The Balaban J connectivity index is 3.85. The molecule has 0 N–H and O–H groups in total. The average molecular weight is 203 g/mol. The molecular weight excluding hydrogens is 197 g/mol. The van der Waals surface area contributed by atoms with Gasteiger partial charge in [-0.2, -0.15) is 27.2 Å². The van der Waals surface area contributed by atoms with Crippen molar-refractivity contribution in [2.45, 2.75) is 18.5 Å². The van der Waals surface area contributed by atoms with E-state index in [4.69, 9.17) is 5.26 Å². The number of nitrogens with zero attached hydrogens (tertiary/aromatic N) is 1. The largest absolute Gasteiger partial charge is 0.455 e. The molecule has 0 saturated heterocycles. The molecule has 0 aliphatic rings. The van der Waals surface area contributed by atoms with E-state index in [0.717, 1.165) is 0 Å². The second-order valence-corrected chi connectivity index (χ2v) is 2.16. The van der Waals surface area contributed by atoms with Gasteiger partial charge in [-0.25, -0.2) is 0 Å². The lowest BCUT2D eigenvalue weighted by Gasteiger charge is -2.18. The molecule has 0 spiro atoms. The zero-order chi connectivity index (χ0) is 10.5. The summed E-state index contributed by atoms with van der Waals surface area (Å²) in [6.07, 6.45) is -5.81. The predicted octanol–water partition coefficient (Wildman–Crippen LogP) is 2.11. The first-order valence-electron chi connectivity index (χ1n) is 3.20. The van der Waals surface area contributed by atoms with Gasteiger partial charge in [0.15, 0.2) is 0 Å². The molecule has 0 amide bonds. The van der Waals surface area contributed by atoms with Crippen molar-refractivity contribution in [3.8, 4) is 6.07 Å². The normalized spacial score (nSPS) is 12.6. The fourth-order valence-corrected chi connectivity index (χ4v) is 0.400. The standard InChI is InChI=1S/C6H6F5NO/c7-5(8,6(9,10)11)4-13-3-1-2-12/h1,3-4H2. The molecule has 0 aromatic rings. The summed E-state index contributed by atoms with van der Waals surface area (Å²) in [5.74, 6) is -4.84. The smallest absolute Gasteiger partial charge is 0.374 e. The van der Waals surface area contributed by atoms with Gasteiger partial charge >= 0.3 is 12.1 Å². The highest BCUT2D eigenvalue weighted by atomic mass is 19.4. The van der Waals surface area contributed by atoms with Crippen LogP contribution in [0.2, 0.25) is 0 Å². The molecule has 7 heteroatoms. The van der Waals surface area contributed by atoms with Crippen LogP contribution in [0.4, 0.5) is 22.0 Å². The molecule has 0 aromatic heterocycles. The molecule has 0 saturated carbocycles. The lowest BCUT2D eigenvalue weighted by Crippen LogP contribution is -2.40. The van der Waals surface area contributed by atoms with Gasteiger partial charge in [0.2, 0.25) is 0 Å². The minimum Gasteiger partial charge on any atom is -0.374 e. The highest BCUT2D eigenvalue weighted by Crippen LogP contribution is 2.35. The van der Waals surface area contributed by atoms with Crippen molar-refractivity contribution in [1.29, 1.82) is 5.26 Å². The van der Waals surface area contributed by atoms with Crippen molar-refractivity contribution in [3.63, 3.8) is 0 Å². The lowest BCUT2D eigenvalue weighted by molar-refractivity contribution is -0.296. The number of alkyl halides is 5. The fraction of sp³-hybridized carbons (Fsp3) is 0.833. The minimum absolute atomic E-state index is 0.214. The maximum absolute atomic E-state index is 12.0. The van der Waals surface area contributed by atoms with Crippen LogP contribution in [0.5, 0.6) is 0 Å². The van der Waals surface area contributed by atoms with Gasteiger partial charge < -0.3 is 4.74 Å². The van der Waals surface area contributed by atoms with E-state index >= 15 is 0 Å². The first-order chi connectivity index (χ1) is 5.81. The van der Waals surface area contributed by atoms with Crippen molar-refractivity contribution in [3.05, 3.63) is 0 Å². The number of rotatable bonds is 4. The maximum Gasteiger partial charge on any atom is 0.455 e. The van der Waals surface area contributed by atoms with Gasteiger partial charge in [0.1, 0.15) is 6.61 Å². The Hall–Kier alpha value is -0.900. The lowest BCUT2D eigenvalue weighted by atomic mass is 10.3. The zero-order valence-electron chi connectivity index (χ0n) is 6.37. The van der Waals surface area contributed by atoms with E-state index in [0.29, 0.717) is 0 Å². The molecule has 0 rings (SSSR count). The van der Waals surface area contributed by atoms with Crippen molar-refractivity contribution >= 4 is 0 Å². The van der Waals surface area contributed by atoms with Gasteiger partial charge in [-0.05, 0) is 0 Å². The molecule has 0 unspecified atom stereocenters. The van der Waals surface area contributed by atoms with Crippen LogP contribution in [0.15, 0.2) is 0 Å². The van der Waals surface area contributed by atoms with Crippen LogP contribution in [0.3, 0.4) is 0 Å². The summed E-state index contributed by atoms with van der Waals surface area (Å²) in [6.45, 7) is -2.17. The number of hydrogen-bond donors (Lipinski definition) is 0. The molecular formula is C6H6F5NO. The fourth-order valence-electron chi connectivity index (χ4n) is 0.400. The molecule has 0 aliphatic carbocycles. The zero-order valence-corrected chi connectivity index (χ0v) is 6.37. The SMILES string of the molecule is N#CCCOCC(F)(F)C(F)(F)F. The average Bonchev–Trinajstić information content (AvgIpc) is 1.96. The van der Waals surface area contributed by atoms with Crippen molar-refractivity contribution in [2.24, 2.45) is 0 Å². The monoisotopic (exact) mass is 203 g/mol. The molecule has 2 nitrogen and oxygen atoms in total. The Morgan fingerprint density at radius 2 is 1.69 bits per heavy atom. The third-order valence-corrected chi connectivity index (χ3v) is 1.06. The second-order valence-electron chi connectivity index (χ2n) is 2.16. The van der Waals surface area contributed by atoms with E-state index in [9.17, 15) is 22.0 Å². The van der Waals surface area contributed by atoms with Gasteiger partial charge in [0.05, 0.1) is 19.1 Å². The van der Waals surface area contributed by atoms with Crippen LogP contribution < -0.4 is 0 Å². The van der Waals surface area contributed by atoms with Crippen molar-refractivity contribution < 1.29 is 26.7 Å². The summed E-state index contributed by atoms with van der Waals surface area (Å²) in [6, 6.07) is 1.54. The Morgan fingerprint density at radius 1 is 1.15 bits per heavy atom. The number of hydrogen-bond acceptors (Lipinski definition) is 2. The Kier molecular flexibility index (Phi) is 4.07. The van der Waals surface area contributed by atoms with Gasteiger partial charge in [-0.15, -0.1) is 0 Å². The van der Waals surface area contributed by atoms with Gasteiger partial charge in [0.25, 0.3) is 0 Å². The number of nitriles is 1. The summed E-state index contributed by atoms with van der Waals surface area (Å²) >= 11 is 0. The van der Waals surface area contributed by atoms with Crippen molar-refractivity contribution in [1.82, 2.24) is 0 Å². The molecule has 0 atom stereocenters. The van der Waals surface area contributed by atoms with Gasteiger partial charge in [-0.1, -0.05) is 0 Å². The second kappa shape index (κ2) is 4.37.